The summed E-state index contributed by atoms with van der Waals surface area (Å²) in [6.07, 6.45) is 5.12. The monoisotopic (exact) mass is 265 g/mol. The van der Waals surface area contributed by atoms with Crippen LogP contribution in [0.25, 0.3) is 0 Å². The van der Waals surface area contributed by atoms with Crippen molar-refractivity contribution in [2.24, 2.45) is 0 Å². The van der Waals surface area contributed by atoms with Crippen molar-refractivity contribution in [3.05, 3.63) is 23.7 Å². The van der Waals surface area contributed by atoms with Crippen molar-refractivity contribution in [3.63, 3.8) is 0 Å². The minimum atomic E-state index is -1.07. The molecule has 0 saturated heterocycles. The third-order valence-corrected chi connectivity index (χ3v) is 4.00. The van der Waals surface area contributed by atoms with Crippen molar-refractivity contribution in [2.45, 2.75) is 44.6 Å². The molecule has 1 N–H and O–H groups in total. The van der Waals surface area contributed by atoms with Gasteiger partial charge in [-0.2, -0.15) is 0 Å². The molecular weight excluding hydrogens is 246 g/mol. The quantitative estimate of drug-likeness (QED) is 0.911. The van der Waals surface area contributed by atoms with Gasteiger partial charge in [0.1, 0.15) is 17.6 Å². The second-order valence-electron chi connectivity index (χ2n) is 5.21. The molecule has 1 aromatic rings. The zero-order valence-corrected chi connectivity index (χ0v) is 11.3. The van der Waals surface area contributed by atoms with Gasteiger partial charge < -0.3 is 14.4 Å². The number of nitrogens with zero attached hydrogens (tertiary/aromatic N) is 1. The van der Waals surface area contributed by atoms with E-state index in [1.165, 1.54) is 11.2 Å². The van der Waals surface area contributed by atoms with Crippen molar-refractivity contribution >= 4 is 11.9 Å². The summed E-state index contributed by atoms with van der Waals surface area (Å²) < 4.78 is 5.12. The third-order valence-electron chi connectivity index (χ3n) is 4.00. The van der Waals surface area contributed by atoms with E-state index in [1.807, 2.05) is 0 Å². The van der Waals surface area contributed by atoms with Crippen LogP contribution in [0.3, 0.4) is 0 Å². The number of furan rings is 1. The Balaban J connectivity index is 2.27. The summed E-state index contributed by atoms with van der Waals surface area (Å²) in [7, 11) is 1.57. The molecule has 1 aliphatic rings. The Bertz CT molecular complexity index is 485. The maximum atomic E-state index is 12.4. The predicted molar refractivity (Wildman–Crippen MR) is 69.0 cm³/mol. The zero-order chi connectivity index (χ0) is 14.0. The van der Waals surface area contributed by atoms with Gasteiger partial charge in [-0.3, -0.25) is 4.79 Å². The Kier molecular flexibility index (Phi) is 3.64. The maximum absolute atomic E-state index is 12.4. The van der Waals surface area contributed by atoms with E-state index in [0.29, 0.717) is 24.2 Å². The number of rotatable bonds is 3. The van der Waals surface area contributed by atoms with Gasteiger partial charge in [0.05, 0.1) is 5.56 Å². The van der Waals surface area contributed by atoms with Gasteiger partial charge in [-0.1, -0.05) is 19.3 Å². The summed E-state index contributed by atoms with van der Waals surface area (Å²) in [6.45, 7) is 1.75. The van der Waals surface area contributed by atoms with Gasteiger partial charge in [0, 0.05) is 7.05 Å². The fourth-order valence-corrected chi connectivity index (χ4v) is 2.77. The number of carboxylic acid groups (broad SMARTS) is 1. The summed E-state index contributed by atoms with van der Waals surface area (Å²) in [6, 6.07) is 1.64. The van der Waals surface area contributed by atoms with E-state index in [1.54, 1.807) is 20.0 Å². The topological polar surface area (TPSA) is 70.8 Å². The molecule has 0 bridgehead atoms. The molecule has 0 unspecified atom stereocenters. The Morgan fingerprint density at radius 1 is 1.32 bits per heavy atom. The number of amides is 1. The van der Waals surface area contributed by atoms with Gasteiger partial charge in [0.25, 0.3) is 5.91 Å². The van der Waals surface area contributed by atoms with Crippen LogP contribution in [0.1, 0.15) is 48.2 Å². The smallest absolute Gasteiger partial charge is 0.329 e. The largest absolute Gasteiger partial charge is 0.479 e. The van der Waals surface area contributed by atoms with Crippen LogP contribution in [0, 0.1) is 6.92 Å². The Morgan fingerprint density at radius 2 is 1.95 bits per heavy atom. The van der Waals surface area contributed by atoms with Gasteiger partial charge in [0.2, 0.25) is 0 Å². The normalized spacial score (nSPS) is 18.0. The van der Waals surface area contributed by atoms with E-state index in [2.05, 4.69) is 0 Å². The third kappa shape index (κ3) is 2.37. The number of likely N-dealkylation sites (N-methyl/N-ethyl adjacent to an activating group) is 1. The van der Waals surface area contributed by atoms with Crippen molar-refractivity contribution in [3.8, 4) is 0 Å². The zero-order valence-electron chi connectivity index (χ0n) is 11.3. The number of carbonyl (C=O) groups excluding carboxylic acids is 1. The van der Waals surface area contributed by atoms with Crippen LogP contribution in [-0.2, 0) is 4.79 Å². The average Bonchev–Trinajstić information content (AvgIpc) is 2.84. The van der Waals surface area contributed by atoms with E-state index in [-0.39, 0.29) is 5.91 Å². The lowest BCUT2D eigenvalue weighted by Crippen LogP contribution is -2.56. The summed E-state index contributed by atoms with van der Waals surface area (Å²) in [4.78, 5) is 25.4. The molecule has 0 aromatic carbocycles. The van der Waals surface area contributed by atoms with Crippen LogP contribution in [0.5, 0.6) is 0 Å². The lowest BCUT2D eigenvalue weighted by molar-refractivity contribution is -0.151. The van der Waals surface area contributed by atoms with E-state index in [0.717, 1.165) is 19.3 Å². The SMILES string of the molecule is Cc1cc(C(=O)N(C)C2(C(=O)O)CCCCC2)co1. The van der Waals surface area contributed by atoms with Crippen LogP contribution in [0.2, 0.25) is 0 Å². The van der Waals surface area contributed by atoms with E-state index in [9.17, 15) is 14.7 Å². The number of aryl methyl sites for hydroxylation is 1. The average molecular weight is 265 g/mol. The first-order chi connectivity index (χ1) is 8.97. The summed E-state index contributed by atoms with van der Waals surface area (Å²) in [5.74, 6) is -0.561. The van der Waals surface area contributed by atoms with Gasteiger partial charge >= 0.3 is 5.97 Å². The Labute approximate surface area is 112 Å². The highest BCUT2D eigenvalue weighted by molar-refractivity contribution is 5.97. The van der Waals surface area contributed by atoms with Gasteiger partial charge in [-0.25, -0.2) is 4.79 Å². The summed E-state index contributed by atoms with van der Waals surface area (Å²) >= 11 is 0. The highest BCUT2D eigenvalue weighted by atomic mass is 16.4. The molecule has 19 heavy (non-hydrogen) atoms. The number of hydrogen-bond acceptors (Lipinski definition) is 3. The molecule has 1 saturated carbocycles. The fraction of sp³-hybridized carbons (Fsp3) is 0.571. The van der Waals surface area contributed by atoms with Gasteiger partial charge in [-0.15, -0.1) is 0 Å². The number of carbonyl (C=O) groups is 2. The number of carboxylic acids is 1. The van der Waals surface area contributed by atoms with Crippen molar-refractivity contribution < 1.29 is 19.1 Å². The molecule has 104 valence electrons. The summed E-state index contributed by atoms with van der Waals surface area (Å²) in [5.41, 5.74) is -0.660. The second-order valence-corrected chi connectivity index (χ2v) is 5.21. The van der Waals surface area contributed by atoms with E-state index < -0.39 is 11.5 Å². The Hall–Kier alpha value is -1.78. The first-order valence-electron chi connectivity index (χ1n) is 6.54. The molecule has 5 nitrogen and oxygen atoms in total. The minimum absolute atomic E-state index is 0.291. The highest BCUT2D eigenvalue weighted by Crippen LogP contribution is 2.34. The van der Waals surface area contributed by atoms with Crippen molar-refractivity contribution in [1.82, 2.24) is 4.90 Å². The molecule has 5 heteroatoms. The molecule has 0 spiro atoms. The highest BCUT2D eigenvalue weighted by Gasteiger charge is 2.45. The molecule has 0 atom stereocenters. The predicted octanol–water partition coefficient (Wildman–Crippen LogP) is 2.45. The van der Waals surface area contributed by atoms with Crippen LogP contribution < -0.4 is 0 Å². The molecule has 2 rings (SSSR count). The van der Waals surface area contributed by atoms with Crippen LogP contribution in [0.4, 0.5) is 0 Å². The maximum Gasteiger partial charge on any atom is 0.329 e. The molecule has 1 heterocycles. The van der Waals surface area contributed by atoms with Gasteiger partial charge in [0.15, 0.2) is 0 Å². The Morgan fingerprint density at radius 3 is 2.42 bits per heavy atom. The van der Waals surface area contributed by atoms with Crippen LogP contribution >= 0.6 is 0 Å². The molecule has 0 aliphatic heterocycles. The van der Waals surface area contributed by atoms with E-state index in [4.69, 9.17) is 4.42 Å². The first-order valence-corrected chi connectivity index (χ1v) is 6.54. The fourth-order valence-electron chi connectivity index (χ4n) is 2.77. The summed E-state index contributed by atoms with van der Waals surface area (Å²) in [5, 5.41) is 9.54. The van der Waals surface area contributed by atoms with Crippen LogP contribution in [-0.4, -0.2) is 34.5 Å². The first kappa shape index (κ1) is 13.6. The molecule has 0 radical (unpaired) electrons. The standard InChI is InChI=1S/C14H19NO4/c1-10-8-11(9-19-10)12(16)15(2)14(13(17)18)6-4-3-5-7-14/h8-9H,3-7H2,1-2H3,(H,17,18). The van der Waals surface area contributed by atoms with Crippen LogP contribution in [0.15, 0.2) is 16.7 Å². The minimum Gasteiger partial charge on any atom is -0.479 e. The van der Waals surface area contributed by atoms with Gasteiger partial charge in [-0.05, 0) is 25.8 Å². The lowest BCUT2D eigenvalue weighted by Gasteiger charge is -2.40. The lowest BCUT2D eigenvalue weighted by atomic mass is 9.80. The number of aliphatic carboxylic acids is 1. The molecular formula is C14H19NO4. The van der Waals surface area contributed by atoms with Crippen molar-refractivity contribution in [2.75, 3.05) is 7.05 Å². The molecule has 1 fully saturated rings. The molecule has 1 aliphatic carbocycles. The second kappa shape index (κ2) is 5.07. The molecule has 1 aromatic heterocycles. The molecule has 1 amide bonds. The number of hydrogen-bond donors (Lipinski definition) is 1. The van der Waals surface area contributed by atoms with Crippen molar-refractivity contribution in [1.29, 1.82) is 0 Å². The van der Waals surface area contributed by atoms with E-state index >= 15 is 0 Å².